The highest BCUT2D eigenvalue weighted by molar-refractivity contribution is 6.31. The maximum Gasteiger partial charge on any atom is 0.145 e. The third-order valence-corrected chi connectivity index (χ3v) is 4.98. The molecule has 4 rings (SSSR count). The van der Waals surface area contributed by atoms with Crippen LogP contribution in [0.4, 0.5) is 0 Å². The fraction of sp³-hybridized carbons (Fsp3) is 0.529. The van der Waals surface area contributed by atoms with Crippen LogP contribution in [0.2, 0.25) is 5.02 Å². The van der Waals surface area contributed by atoms with Gasteiger partial charge in [-0.1, -0.05) is 11.6 Å². The second-order valence-electron chi connectivity index (χ2n) is 6.41. The van der Waals surface area contributed by atoms with Crippen molar-refractivity contribution in [3.8, 4) is 5.75 Å². The van der Waals surface area contributed by atoms with Gasteiger partial charge >= 0.3 is 0 Å². The van der Waals surface area contributed by atoms with E-state index in [1.54, 1.807) is 0 Å². The summed E-state index contributed by atoms with van der Waals surface area (Å²) in [6.07, 6.45) is 2.28. The molecule has 1 fully saturated rings. The number of halogens is 1. The Morgan fingerprint density at radius 3 is 3.14 bits per heavy atom. The predicted octanol–water partition coefficient (Wildman–Crippen LogP) is 2.88. The van der Waals surface area contributed by atoms with Crippen LogP contribution in [-0.2, 0) is 0 Å². The first-order valence-electron chi connectivity index (χ1n) is 8.10. The van der Waals surface area contributed by atoms with Gasteiger partial charge in [-0.2, -0.15) is 0 Å². The Labute approximate surface area is 135 Å². The molecule has 2 atom stereocenters. The lowest BCUT2D eigenvalue weighted by Gasteiger charge is -2.30. The van der Waals surface area contributed by atoms with E-state index in [1.165, 1.54) is 23.0 Å². The molecule has 0 spiro atoms. The average molecular weight is 320 g/mol. The van der Waals surface area contributed by atoms with Crippen LogP contribution in [-0.4, -0.2) is 36.9 Å². The molecular weight excluding hydrogens is 298 g/mol. The Bertz CT molecular complexity index is 689. The summed E-state index contributed by atoms with van der Waals surface area (Å²) >= 11 is 6.19. The van der Waals surface area contributed by atoms with Crippen LogP contribution < -0.4 is 15.4 Å². The van der Waals surface area contributed by atoms with E-state index in [2.05, 4.69) is 28.2 Å². The molecule has 118 valence electrons. The van der Waals surface area contributed by atoms with Crippen molar-refractivity contribution in [3.63, 3.8) is 0 Å². The number of nitrogens with zero attached hydrogens (tertiary/aromatic N) is 1. The minimum atomic E-state index is 0.378. The van der Waals surface area contributed by atoms with Crippen molar-refractivity contribution < 1.29 is 4.74 Å². The predicted molar refractivity (Wildman–Crippen MR) is 90.1 cm³/mol. The fourth-order valence-electron chi connectivity index (χ4n) is 3.81. The first-order chi connectivity index (χ1) is 10.7. The van der Waals surface area contributed by atoms with Crippen LogP contribution >= 0.6 is 11.6 Å². The molecule has 5 heteroatoms. The molecule has 3 heterocycles. The minimum Gasteiger partial charge on any atom is -0.489 e. The van der Waals surface area contributed by atoms with E-state index in [9.17, 15) is 0 Å². The number of nitrogens with one attached hydrogen (secondary N) is 2. The quantitative estimate of drug-likeness (QED) is 0.894. The topological polar surface area (TPSA) is 38.2 Å². The second kappa shape index (κ2) is 5.76. The summed E-state index contributed by atoms with van der Waals surface area (Å²) in [4.78, 5) is 0. The number of rotatable bonds is 2. The maximum absolute atomic E-state index is 6.19. The minimum absolute atomic E-state index is 0.378. The zero-order valence-corrected chi connectivity index (χ0v) is 13.6. The molecule has 0 saturated carbocycles. The standard InChI is InChI=1S/C17H22ClN3O/c1-11-5-12-6-13(18)7-16-17(12)21(11)15(10-22-16)8-14-9-19-3-2-4-20-14/h5-7,14-15,19-20H,2-4,8-10H2,1H3. The first kappa shape index (κ1) is 14.4. The number of aryl methyl sites for hydroxylation is 1. The van der Waals surface area contributed by atoms with Gasteiger partial charge in [0.1, 0.15) is 12.4 Å². The number of ether oxygens (including phenoxy) is 1. The molecule has 1 aromatic carbocycles. The number of hydrogen-bond acceptors (Lipinski definition) is 3. The SMILES string of the molecule is Cc1cc2cc(Cl)cc3c2n1C(CC1CNCCCN1)CO3. The van der Waals surface area contributed by atoms with Gasteiger partial charge in [0, 0.05) is 34.8 Å². The first-order valence-corrected chi connectivity index (χ1v) is 8.48. The van der Waals surface area contributed by atoms with Gasteiger partial charge in [-0.3, -0.25) is 0 Å². The Kier molecular flexibility index (Phi) is 3.76. The molecule has 1 saturated heterocycles. The van der Waals surface area contributed by atoms with Gasteiger partial charge in [0.15, 0.2) is 0 Å². The molecule has 0 aliphatic carbocycles. The number of benzene rings is 1. The van der Waals surface area contributed by atoms with Crippen molar-refractivity contribution in [1.29, 1.82) is 0 Å². The van der Waals surface area contributed by atoms with Crippen molar-refractivity contribution in [2.45, 2.75) is 31.8 Å². The molecule has 2 unspecified atom stereocenters. The van der Waals surface area contributed by atoms with Gasteiger partial charge in [0.2, 0.25) is 0 Å². The van der Waals surface area contributed by atoms with E-state index in [1.807, 2.05) is 12.1 Å². The molecule has 2 aliphatic heterocycles. The normalized spacial score (nSPS) is 25.0. The van der Waals surface area contributed by atoms with E-state index in [4.69, 9.17) is 16.3 Å². The Balaban J connectivity index is 1.67. The summed E-state index contributed by atoms with van der Waals surface area (Å²) in [5.74, 6) is 0.916. The van der Waals surface area contributed by atoms with E-state index < -0.39 is 0 Å². The van der Waals surface area contributed by atoms with Crippen LogP contribution in [0.3, 0.4) is 0 Å². The van der Waals surface area contributed by atoms with Crippen molar-refractivity contribution in [3.05, 3.63) is 28.9 Å². The highest BCUT2D eigenvalue weighted by atomic mass is 35.5. The van der Waals surface area contributed by atoms with E-state index in [0.717, 1.165) is 43.4 Å². The zero-order chi connectivity index (χ0) is 15.1. The third-order valence-electron chi connectivity index (χ3n) is 4.76. The van der Waals surface area contributed by atoms with Crippen molar-refractivity contribution >= 4 is 22.5 Å². The second-order valence-corrected chi connectivity index (χ2v) is 6.84. The summed E-state index contributed by atoms with van der Waals surface area (Å²) in [5, 5.41) is 9.09. The van der Waals surface area contributed by atoms with Crippen LogP contribution in [0.15, 0.2) is 18.2 Å². The average Bonchev–Trinajstić information content (AvgIpc) is 2.68. The molecular formula is C17H22ClN3O. The van der Waals surface area contributed by atoms with Crippen LogP contribution in [0.1, 0.15) is 24.6 Å². The van der Waals surface area contributed by atoms with Crippen molar-refractivity contribution in [2.24, 2.45) is 0 Å². The van der Waals surface area contributed by atoms with E-state index in [-0.39, 0.29) is 0 Å². The van der Waals surface area contributed by atoms with Crippen LogP contribution in [0, 0.1) is 6.92 Å². The Morgan fingerprint density at radius 1 is 1.32 bits per heavy atom. The van der Waals surface area contributed by atoms with Crippen molar-refractivity contribution in [1.82, 2.24) is 15.2 Å². The highest BCUT2D eigenvalue weighted by Crippen LogP contribution is 2.39. The molecule has 2 N–H and O–H groups in total. The lowest BCUT2D eigenvalue weighted by atomic mass is 10.1. The highest BCUT2D eigenvalue weighted by Gasteiger charge is 2.27. The number of hydrogen-bond donors (Lipinski definition) is 2. The molecule has 4 nitrogen and oxygen atoms in total. The summed E-state index contributed by atoms with van der Waals surface area (Å²) in [5.41, 5.74) is 2.48. The molecule has 0 radical (unpaired) electrons. The lowest BCUT2D eigenvalue weighted by Crippen LogP contribution is -2.39. The Hall–Kier alpha value is -1.23. The molecule has 1 aromatic heterocycles. The zero-order valence-electron chi connectivity index (χ0n) is 12.9. The molecule has 2 aromatic rings. The lowest BCUT2D eigenvalue weighted by molar-refractivity contribution is 0.214. The van der Waals surface area contributed by atoms with Gasteiger partial charge in [-0.05, 0) is 45.0 Å². The van der Waals surface area contributed by atoms with Crippen LogP contribution in [0.5, 0.6) is 5.75 Å². The van der Waals surface area contributed by atoms with E-state index >= 15 is 0 Å². The Morgan fingerprint density at radius 2 is 2.23 bits per heavy atom. The molecule has 0 amide bonds. The van der Waals surface area contributed by atoms with E-state index in [0.29, 0.717) is 12.1 Å². The maximum atomic E-state index is 6.19. The monoisotopic (exact) mass is 319 g/mol. The largest absolute Gasteiger partial charge is 0.489 e. The summed E-state index contributed by atoms with van der Waals surface area (Å²) in [7, 11) is 0. The number of aromatic nitrogens is 1. The summed E-state index contributed by atoms with van der Waals surface area (Å²) in [6, 6.07) is 7.05. The summed E-state index contributed by atoms with van der Waals surface area (Å²) in [6.45, 7) is 6.13. The molecule has 22 heavy (non-hydrogen) atoms. The van der Waals surface area contributed by atoms with Crippen LogP contribution in [0.25, 0.3) is 10.9 Å². The molecule has 0 bridgehead atoms. The fourth-order valence-corrected chi connectivity index (χ4v) is 4.03. The van der Waals surface area contributed by atoms with Gasteiger partial charge in [-0.15, -0.1) is 0 Å². The van der Waals surface area contributed by atoms with Crippen molar-refractivity contribution in [2.75, 3.05) is 26.2 Å². The third kappa shape index (κ3) is 2.49. The smallest absolute Gasteiger partial charge is 0.145 e. The van der Waals surface area contributed by atoms with Gasteiger partial charge < -0.3 is 19.9 Å². The molecule has 2 aliphatic rings. The van der Waals surface area contributed by atoms with Gasteiger partial charge in [0.25, 0.3) is 0 Å². The summed E-state index contributed by atoms with van der Waals surface area (Å²) < 4.78 is 8.46. The van der Waals surface area contributed by atoms with Gasteiger partial charge in [0.05, 0.1) is 11.6 Å². The van der Waals surface area contributed by atoms with Gasteiger partial charge in [-0.25, -0.2) is 0 Å².